The quantitative estimate of drug-likeness (QED) is 0.233. The lowest BCUT2D eigenvalue weighted by atomic mass is 9.92. The number of amides is 1. The van der Waals surface area contributed by atoms with Gasteiger partial charge in [0.25, 0.3) is 0 Å². The van der Waals surface area contributed by atoms with E-state index in [0.717, 1.165) is 19.5 Å². The topological polar surface area (TPSA) is 70.4 Å². The Morgan fingerprint density at radius 1 is 1.47 bits per heavy atom. The molecule has 5 nitrogen and oxygen atoms in total. The van der Waals surface area contributed by atoms with Gasteiger partial charge in [0.1, 0.15) is 0 Å². The molecule has 0 aliphatic rings. The van der Waals surface area contributed by atoms with Gasteiger partial charge in [-0.2, -0.15) is 0 Å². The fourth-order valence-corrected chi connectivity index (χ4v) is 1.55. The summed E-state index contributed by atoms with van der Waals surface area (Å²) in [5, 5.41) is 3.09. The van der Waals surface area contributed by atoms with E-state index in [1.807, 2.05) is 27.9 Å². The number of carbonyl (C=O) groups excluding carboxylic acids is 1. The maximum atomic E-state index is 11.4. The zero-order valence-corrected chi connectivity index (χ0v) is 10.3. The summed E-state index contributed by atoms with van der Waals surface area (Å²) in [5.74, 6) is 5.01. The summed E-state index contributed by atoms with van der Waals surface area (Å²) in [7, 11) is 3.95. The summed E-state index contributed by atoms with van der Waals surface area (Å²) in [6.45, 7) is 6.46. The van der Waals surface area contributed by atoms with Crippen molar-refractivity contribution in [1.29, 1.82) is 0 Å². The maximum Gasteiger partial charge on any atom is 0.240 e. The van der Waals surface area contributed by atoms with E-state index in [1.54, 1.807) is 0 Å². The molecule has 0 bridgehead atoms. The van der Waals surface area contributed by atoms with E-state index in [2.05, 4.69) is 15.6 Å². The molecule has 0 aliphatic carbocycles. The van der Waals surface area contributed by atoms with E-state index in [4.69, 9.17) is 5.84 Å². The first-order chi connectivity index (χ1) is 6.94. The number of rotatable bonds is 7. The second-order valence-electron chi connectivity index (χ2n) is 4.55. The molecule has 0 aliphatic heterocycles. The third-order valence-electron chi connectivity index (χ3n) is 2.38. The first-order valence-corrected chi connectivity index (χ1v) is 5.28. The van der Waals surface area contributed by atoms with E-state index in [9.17, 15) is 4.79 Å². The van der Waals surface area contributed by atoms with Gasteiger partial charge < -0.3 is 10.2 Å². The van der Waals surface area contributed by atoms with Crippen molar-refractivity contribution in [3.05, 3.63) is 0 Å². The summed E-state index contributed by atoms with van der Waals surface area (Å²) in [6.07, 6.45) is 1.08. The standard InChI is InChI=1S/C10H24N4O/c1-10(2,9(15)13-11)8-14(4)7-5-6-12-3/h12H,5-8,11H2,1-4H3,(H,13,15). The van der Waals surface area contributed by atoms with Gasteiger partial charge in [-0.25, -0.2) is 5.84 Å². The van der Waals surface area contributed by atoms with Crippen molar-refractivity contribution in [1.82, 2.24) is 15.6 Å². The van der Waals surface area contributed by atoms with Crippen LogP contribution in [-0.4, -0.2) is 44.5 Å². The molecule has 4 N–H and O–H groups in total. The predicted octanol–water partition coefficient (Wildman–Crippen LogP) is -0.456. The highest BCUT2D eigenvalue weighted by molar-refractivity contribution is 5.81. The van der Waals surface area contributed by atoms with Crippen molar-refractivity contribution in [2.45, 2.75) is 20.3 Å². The Labute approximate surface area is 92.4 Å². The molecule has 0 heterocycles. The van der Waals surface area contributed by atoms with E-state index >= 15 is 0 Å². The molecule has 5 heteroatoms. The molecule has 1 amide bonds. The number of hydrogen-bond acceptors (Lipinski definition) is 4. The Morgan fingerprint density at radius 3 is 2.53 bits per heavy atom. The van der Waals surface area contributed by atoms with Crippen molar-refractivity contribution >= 4 is 5.91 Å². The van der Waals surface area contributed by atoms with Gasteiger partial charge in [0.05, 0.1) is 5.41 Å². The van der Waals surface area contributed by atoms with Gasteiger partial charge >= 0.3 is 0 Å². The molecule has 0 atom stereocenters. The van der Waals surface area contributed by atoms with Gasteiger partial charge in [0.2, 0.25) is 5.91 Å². The van der Waals surface area contributed by atoms with Crippen LogP contribution in [0.2, 0.25) is 0 Å². The SMILES string of the molecule is CNCCCN(C)CC(C)(C)C(=O)NN. The van der Waals surface area contributed by atoms with Crippen LogP contribution in [-0.2, 0) is 4.79 Å². The lowest BCUT2D eigenvalue weighted by Crippen LogP contribution is -2.46. The monoisotopic (exact) mass is 216 g/mol. The maximum absolute atomic E-state index is 11.4. The minimum atomic E-state index is -0.441. The third-order valence-corrected chi connectivity index (χ3v) is 2.38. The van der Waals surface area contributed by atoms with Crippen LogP contribution in [0, 0.1) is 5.41 Å². The third kappa shape index (κ3) is 5.71. The highest BCUT2D eigenvalue weighted by atomic mass is 16.2. The molecular weight excluding hydrogens is 192 g/mol. The Bertz CT molecular complexity index is 194. The van der Waals surface area contributed by atoms with Crippen molar-refractivity contribution in [3.63, 3.8) is 0 Å². The average molecular weight is 216 g/mol. The number of carbonyl (C=O) groups is 1. The smallest absolute Gasteiger partial charge is 0.240 e. The second-order valence-corrected chi connectivity index (χ2v) is 4.55. The van der Waals surface area contributed by atoms with Crippen molar-refractivity contribution in [2.75, 3.05) is 33.7 Å². The zero-order chi connectivity index (χ0) is 11.9. The molecule has 0 saturated heterocycles. The fraction of sp³-hybridized carbons (Fsp3) is 0.900. The Morgan fingerprint density at radius 2 is 2.07 bits per heavy atom. The van der Waals surface area contributed by atoms with E-state index in [-0.39, 0.29) is 5.91 Å². The second kappa shape index (κ2) is 6.76. The van der Waals surface area contributed by atoms with Crippen LogP contribution < -0.4 is 16.6 Å². The molecule has 0 aromatic rings. The molecule has 90 valence electrons. The summed E-state index contributed by atoms with van der Waals surface area (Å²) < 4.78 is 0. The van der Waals surface area contributed by atoms with E-state index in [0.29, 0.717) is 6.54 Å². The molecule has 15 heavy (non-hydrogen) atoms. The largest absolute Gasteiger partial charge is 0.320 e. The minimum Gasteiger partial charge on any atom is -0.320 e. The number of hydrazine groups is 1. The van der Waals surface area contributed by atoms with E-state index < -0.39 is 5.41 Å². The summed E-state index contributed by atoms with van der Waals surface area (Å²) in [4.78, 5) is 13.6. The molecular formula is C10H24N4O. The van der Waals surface area contributed by atoms with Crippen LogP contribution >= 0.6 is 0 Å². The van der Waals surface area contributed by atoms with Crippen LogP contribution in [0.25, 0.3) is 0 Å². The van der Waals surface area contributed by atoms with Crippen LogP contribution in [0.3, 0.4) is 0 Å². The van der Waals surface area contributed by atoms with Crippen LogP contribution in [0.5, 0.6) is 0 Å². The van der Waals surface area contributed by atoms with Gasteiger partial charge in [-0.05, 0) is 47.5 Å². The summed E-state index contributed by atoms with van der Waals surface area (Å²) in [5.41, 5.74) is 1.76. The predicted molar refractivity (Wildman–Crippen MR) is 62.2 cm³/mol. The van der Waals surface area contributed by atoms with Crippen LogP contribution in [0.15, 0.2) is 0 Å². The normalized spacial score (nSPS) is 11.9. The van der Waals surface area contributed by atoms with Crippen LogP contribution in [0.4, 0.5) is 0 Å². The molecule has 0 unspecified atom stereocenters. The minimum absolute atomic E-state index is 0.122. The van der Waals surface area contributed by atoms with Gasteiger partial charge in [-0.15, -0.1) is 0 Å². The molecule has 0 aromatic carbocycles. The van der Waals surface area contributed by atoms with Gasteiger partial charge in [0.15, 0.2) is 0 Å². The van der Waals surface area contributed by atoms with E-state index in [1.165, 1.54) is 0 Å². The fourth-order valence-electron chi connectivity index (χ4n) is 1.55. The average Bonchev–Trinajstić information content (AvgIpc) is 2.16. The molecule has 0 radical (unpaired) electrons. The van der Waals surface area contributed by atoms with Crippen molar-refractivity contribution < 1.29 is 4.79 Å². The first-order valence-electron chi connectivity index (χ1n) is 5.28. The molecule has 0 rings (SSSR count). The molecule has 0 aromatic heterocycles. The summed E-state index contributed by atoms with van der Waals surface area (Å²) >= 11 is 0. The molecule has 0 fully saturated rings. The highest BCUT2D eigenvalue weighted by Crippen LogP contribution is 2.15. The highest BCUT2D eigenvalue weighted by Gasteiger charge is 2.28. The lowest BCUT2D eigenvalue weighted by molar-refractivity contribution is -0.130. The number of hydrogen-bond donors (Lipinski definition) is 3. The molecule has 0 saturated carbocycles. The number of nitrogens with zero attached hydrogens (tertiary/aromatic N) is 1. The van der Waals surface area contributed by atoms with Crippen LogP contribution in [0.1, 0.15) is 20.3 Å². The van der Waals surface area contributed by atoms with Crippen molar-refractivity contribution in [2.24, 2.45) is 11.3 Å². The van der Waals surface area contributed by atoms with Gasteiger partial charge in [-0.1, -0.05) is 0 Å². The van der Waals surface area contributed by atoms with Gasteiger partial charge in [0, 0.05) is 6.54 Å². The molecule has 0 spiro atoms. The first kappa shape index (κ1) is 14.3. The number of nitrogens with one attached hydrogen (secondary N) is 2. The number of nitrogens with two attached hydrogens (primary N) is 1. The van der Waals surface area contributed by atoms with Gasteiger partial charge in [-0.3, -0.25) is 10.2 Å². The summed E-state index contributed by atoms with van der Waals surface area (Å²) in [6, 6.07) is 0. The lowest BCUT2D eigenvalue weighted by Gasteiger charge is -2.28. The van der Waals surface area contributed by atoms with Crippen molar-refractivity contribution in [3.8, 4) is 0 Å². The Hall–Kier alpha value is -0.650. The zero-order valence-electron chi connectivity index (χ0n) is 10.3. The Kier molecular flexibility index (Phi) is 6.47. The Balaban J connectivity index is 3.93.